The Morgan fingerprint density at radius 1 is 1.29 bits per heavy atom. The molecule has 2 heterocycles. The number of nitrogens with zero attached hydrogens (tertiary/aromatic N) is 2. The highest BCUT2D eigenvalue weighted by Gasteiger charge is 2.36. The molecule has 2 rings (SSSR count). The lowest BCUT2D eigenvalue weighted by molar-refractivity contribution is 0.290. The fourth-order valence-corrected chi connectivity index (χ4v) is 5.50. The van der Waals surface area contributed by atoms with Crippen molar-refractivity contribution in [2.24, 2.45) is 0 Å². The summed E-state index contributed by atoms with van der Waals surface area (Å²) in [6.45, 7) is 7.54. The zero-order valence-electron chi connectivity index (χ0n) is 13.0. The summed E-state index contributed by atoms with van der Waals surface area (Å²) in [4.78, 5) is 2.42. The third kappa shape index (κ3) is 3.13. The monoisotopic (exact) mass is 334 g/mol. The molecule has 0 N–H and O–H groups in total. The number of halogens is 1. The Bertz CT molecular complexity index is 612. The van der Waals surface area contributed by atoms with Crippen molar-refractivity contribution in [1.29, 1.82) is 0 Å². The first-order valence-corrected chi connectivity index (χ1v) is 9.11. The van der Waals surface area contributed by atoms with Crippen LogP contribution in [0.3, 0.4) is 0 Å². The molecule has 1 aromatic heterocycles. The normalized spacial score (nSPS) is 22.4. The highest BCUT2D eigenvalue weighted by atomic mass is 35.5. The number of hydrogen-bond donors (Lipinski definition) is 0. The lowest BCUT2D eigenvalue weighted by atomic mass is 10.3. The first-order valence-electron chi connectivity index (χ1n) is 7.14. The summed E-state index contributed by atoms with van der Waals surface area (Å²) in [6, 6.07) is -0.0692. The van der Waals surface area contributed by atoms with E-state index in [1.54, 1.807) is 18.2 Å². The van der Waals surface area contributed by atoms with Crippen LogP contribution in [0.1, 0.15) is 30.4 Å². The van der Waals surface area contributed by atoms with Crippen molar-refractivity contribution in [3.8, 4) is 0 Å². The van der Waals surface area contributed by atoms with E-state index in [-0.39, 0.29) is 16.8 Å². The van der Waals surface area contributed by atoms with Gasteiger partial charge in [0.1, 0.15) is 16.4 Å². The van der Waals surface area contributed by atoms with E-state index >= 15 is 0 Å². The van der Waals surface area contributed by atoms with Crippen LogP contribution in [0.25, 0.3) is 0 Å². The van der Waals surface area contributed by atoms with Gasteiger partial charge in [-0.15, -0.1) is 11.6 Å². The number of rotatable bonds is 3. The SMILES string of the molecule is Cc1oc(C)c(S(=O)(=O)N2CCCN(C)CC2C)c1CCl. The van der Waals surface area contributed by atoms with E-state index in [4.69, 9.17) is 16.0 Å². The summed E-state index contributed by atoms with van der Waals surface area (Å²) in [7, 11) is -1.56. The quantitative estimate of drug-likeness (QED) is 0.796. The fourth-order valence-electron chi connectivity index (χ4n) is 3.03. The molecule has 0 saturated carbocycles. The molecule has 0 amide bonds. The Kier molecular flexibility index (Phi) is 5.03. The van der Waals surface area contributed by atoms with E-state index in [1.807, 2.05) is 14.0 Å². The van der Waals surface area contributed by atoms with Crippen molar-refractivity contribution in [3.05, 3.63) is 17.1 Å². The highest BCUT2D eigenvalue weighted by molar-refractivity contribution is 7.89. The molecule has 1 atom stereocenters. The molecule has 7 heteroatoms. The summed E-state index contributed by atoms with van der Waals surface area (Å²) in [5.41, 5.74) is 0.582. The van der Waals surface area contributed by atoms with E-state index in [9.17, 15) is 8.42 Å². The van der Waals surface area contributed by atoms with Crippen LogP contribution in [-0.2, 0) is 15.9 Å². The van der Waals surface area contributed by atoms with Crippen molar-refractivity contribution in [2.45, 2.75) is 44.0 Å². The average Bonchev–Trinajstić information content (AvgIpc) is 2.56. The maximum atomic E-state index is 13.1. The van der Waals surface area contributed by atoms with Crippen molar-refractivity contribution >= 4 is 21.6 Å². The molecule has 0 spiro atoms. The van der Waals surface area contributed by atoms with Crippen LogP contribution in [0.15, 0.2) is 9.31 Å². The fraction of sp³-hybridized carbons (Fsp3) is 0.714. The molecule has 120 valence electrons. The molecule has 5 nitrogen and oxygen atoms in total. The van der Waals surface area contributed by atoms with E-state index in [2.05, 4.69) is 4.90 Å². The van der Waals surface area contributed by atoms with Gasteiger partial charge in [-0.25, -0.2) is 8.42 Å². The second kappa shape index (κ2) is 6.28. The molecular formula is C14H23ClN2O3S. The van der Waals surface area contributed by atoms with Crippen LogP contribution in [0.4, 0.5) is 0 Å². The minimum absolute atomic E-state index is 0.0692. The van der Waals surface area contributed by atoms with Gasteiger partial charge >= 0.3 is 0 Å². The third-order valence-electron chi connectivity index (χ3n) is 4.01. The maximum absolute atomic E-state index is 13.1. The van der Waals surface area contributed by atoms with Gasteiger partial charge < -0.3 is 9.32 Å². The Balaban J connectivity index is 2.46. The van der Waals surface area contributed by atoms with Crippen LogP contribution in [0, 0.1) is 13.8 Å². The van der Waals surface area contributed by atoms with Crippen molar-refractivity contribution in [2.75, 3.05) is 26.7 Å². The van der Waals surface area contributed by atoms with Crippen molar-refractivity contribution < 1.29 is 12.8 Å². The third-order valence-corrected chi connectivity index (χ3v) is 6.49. The Morgan fingerprint density at radius 3 is 2.57 bits per heavy atom. The molecule has 1 fully saturated rings. The molecule has 0 aliphatic carbocycles. The van der Waals surface area contributed by atoms with Gasteiger partial charge in [-0.1, -0.05) is 0 Å². The average molecular weight is 335 g/mol. The van der Waals surface area contributed by atoms with Gasteiger partial charge in [0.25, 0.3) is 0 Å². The number of sulfonamides is 1. The zero-order chi connectivity index (χ0) is 15.8. The summed E-state index contributed by atoms with van der Waals surface area (Å²) in [5.74, 6) is 1.15. The molecule has 0 radical (unpaired) electrons. The number of hydrogen-bond acceptors (Lipinski definition) is 4. The smallest absolute Gasteiger partial charge is 0.247 e. The molecule has 1 aliphatic heterocycles. The van der Waals surface area contributed by atoms with E-state index < -0.39 is 10.0 Å². The van der Waals surface area contributed by atoms with Crippen LogP contribution in [0.5, 0.6) is 0 Å². The molecule has 1 aliphatic rings. The second-order valence-electron chi connectivity index (χ2n) is 5.74. The van der Waals surface area contributed by atoms with Crippen molar-refractivity contribution in [3.63, 3.8) is 0 Å². The Morgan fingerprint density at radius 2 is 1.95 bits per heavy atom. The van der Waals surface area contributed by atoms with Crippen LogP contribution >= 0.6 is 11.6 Å². The van der Waals surface area contributed by atoms with E-state index in [0.29, 0.717) is 23.6 Å². The molecule has 0 aromatic carbocycles. The van der Waals surface area contributed by atoms with Gasteiger partial charge in [-0.2, -0.15) is 4.31 Å². The molecule has 0 bridgehead atoms. The predicted molar refractivity (Wildman–Crippen MR) is 83.2 cm³/mol. The first-order chi connectivity index (χ1) is 9.78. The standard InChI is InChI=1S/C14H23ClN2O3S/c1-10-9-16(4)6-5-7-17(10)21(18,19)14-12(3)20-11(2)13(14)8-15/h10H,5-9H2,1-4H3. The summed E-state index contributed by atoms with van der Waals surface area (Å²) >= 11 is 5.94. The van der Waals surface area contributed by atoms with Gasteiger partial charge in [-0.3, -0.25) is 0 Å². The molecule has 21 heavy (non-hydrogen) atoms. The van der Waals surface area contributed by atoms with Gasteiger partial charge in [0.15, 0.2) is 0 Å². The second-order valence-corrected chi connectivity index (χ2v) is 7.83. The van der Waals surface area contributed by atoms with Crippen LogP contribution in [-0.4, -0.2) is 50.3 Å². The minimum atomic E-state index is -3.58. The summed E-state index contributed by atoms with van der Waals surface area (Å²) < 4.78 is 33.2. The first kappa shape index (κ1) is 16.8. The number of alkyl halides is 1. The van der Waals surface area contributed by atoms with Crippen LogP contribution in [0.2, 0.25) is 0 Å². The molecule has 1 saturated heterocycles. The number of likely N-dealkylation sites (N-methyl/N-ethyl adjacent to an activating group) is 1. The van der Waals surface area contributed by atoms with Crippen LogP contribution < -0.4 is 0 Å². The lowest BCUT2D eigenvalue weighted by Gasteiger charge is -2.27. The number of furan rings is 1. The lowest BCUT2D eigenvalue weighted by Crippen LogP contribution is -2.42. The van der Waals surface area contributed by atoms with Gasteiger partial charge in [-0.05, 0) is 40.8 Å². The van der Waals surface area contributed by atoms with E-state index in [0.717, 1.165) is 19.5 Å². The van der Waals surface area contributed by atoms with Gasteiger partial charge in [0.05, 0.1) is 5.88 Å². The van der Waals surface area contributed by atoms with Gasteiger partial charge in [0.2, 0.25) is 10.0 Å². The summed E-state index contributed by atoms with van der Waals surface area (Å²) in [5, 5.41) is 0. The number of aryl methyl sites for hydroxylation is 2. The molecule has 1 aromatic rings. The van der Waals surface area contributed by atoms with Gasteiger partial charge in [0, 0.05) is 24.7 Å². The molecular weight excluding hydrogens is 312 g/mol. The minimum Gasteiger partial charge on any atom is -0.465 e. The Labute approximate surface area is 131 Å². The predicted octanol–water partition coefficient (Wildman–Crippen LogP) is 2.35. The topological polar surface area (TPSA) is 53.8 Å². The zero-order valence-corrected chi connectivity index (χ0v) is 14.6. The largest absolute Gasteiger partial charge is 0.465 e. The molecule has 1 unspecified atom stereocenters. The Hall–Kier alpha value is -0.560. The van der Waals surface area contributed by atoms with E-state index in [1.165, 1.54) is 0 Å². The summed E-state index contributed by atoms with van der Waals surface area (Å²) in [6.07, 6.45) is 0.826. The highest BCUT2D eigenvalue weighted by Crippen LogP contribution is 2.31. The van der Waals surface area contributed by atoms with Crippen molar-refractivity contribution in [1.82, 2.24) is 9.21 Å². The maximum Gasteiger partial charge on any atom is 0.247 e.